The highest BCUT2D eigenvalue weighted by Crippen LogP contribution is 2.30. The van der Waals surface area contributed by atoms with Gasteiger partial charge in [0.1, 0.15) is 0 Å². The molecule has 1 atom stereocenters. The van der Waals surface area contributed by atoms with Crippen LogP contribution < -0.4 is 5.32 Å². The number of amides is 1. The zero-order chi connectivity index (χ0) is 10.4. The van der Waals surface area contributed by atoms with Crippen molar-refractivity contribution in [2.75, 3.05) is 32.4 Å². The molecule has 2 saturated heterocycles. The Morgan fingerprint density at radius 3 is 2.79 bits per heavy atom. The normalized spacial score (nSPS) is 37.4. The van der Waals surface area contributed by atoms with Crippen molar-refractivity contribution in [1.82, 2.24) is 10.2 Å². The van der Waals surface area contributed by atoms with E-state index in [1.54, 1.807) is 0 Å². The molecule has 0 aromatic heterocycles. The van der Waals surface area contributed by atoms with Gasteiger partial charge in [0.05, 0.1) is 5.75 Å². The lowest BCUT2D eigenvalue weighted by molar-refractivity contribution is -0.121. The number of carbonyl (C=O) groups is 1. The lowest BCUT2D eigenvalue weighted by Gasteiger charge is -2.35. The van der Waals surface area contributed by atoms with Gasteiger partial charge < -0.3 is 10.2 Å². The second-order valence-corrected chi connectivity index (χ2v) is 6.48. The second-order valence-electron chi connectivity index (χ2n) is 4.06. The molecular weight excluding hydrogens is 204 g/mol. The Morgan fingerprint density at radius 1 is 1.50 bits per heavy atom. The van der Waals surface area contributed by atoms with E-state index in [2.05, 4.69) is 5.32 Å². The van der Waals surface area contributed by atoms with Gasteiger partial charge in [0, 0.05) is 19.6 Å². The molecule has 2 aliphatic heterocycles. The van der Waals surface area contributed by atoms with E-state index in [1.807, 2.05) is 11.9 Å². The maximum absolute atomic E-state index is 11.9. The molecule has 1 unspecified atom stereocenters. The van der Waals surface area contributed by atoms with E-state index in [0.29, 0.717) is 26.1 Å². The Balaban J connectivity index is 2.43. The molecule has 0 aromatic carbocycles. The summed E-state index contributed by atoms with van der Waals surface area (Å²) < 4.78 is 22.6. The molecule has 2 fully saturated rings. The van der Waals surface area contributed by atoms with Gasteiger partial charge in [0.2, 0.25) is 5.91 Å². The summed E-state index contributed by atoms with van der Waals surface area (Å²) in [4.78, 5) is 13.5. The third-order valence-electron chi connectivity index (χ3n) is 3.09. The minimum absolute atomic E-state index is 0.0942. The van der Waals surface area contributed by atoms with Crippen molar-refractivity contribution in [3.63, 3.8) is 0 Å². The van der Waals surface area contributed by atoms with Gasteiger partial charge in [-0.15, -0.1) is 0 Å². The predicted molar refractivity (Wildman–Crippen MR) is 51.6 cm³/mol. The number of hydrogen-bond acceptors (Lipinski definition) is 4. The third-order valence-corrected chi connectivity index (χ3v) is 5.52. The van der Waals surface area contributed by atoms with Gasteiger partial charge in [-0.1, -0.05) is 0 Å². The van der Waals surface area contributed by atoms with Gasteiger partial charge in [0.15, 0.2) is 14.6 Å². The van der Waals surface area contributed by atoms with Crippen LogP contribution in [0, 0.1) is 0 Å². The summed E-state index contributed by atoms with van der Waals surface area (Å²) >= 11 is 0. The van der Waals surface area contributed by atoms with Crippen LogP contribution in [0.2, 0.25) is 0 Å². The highest BCUT2D eigenvalue weighted by molar-refractivity contribution is 7.93. The largest absolute Gasteiger partial charge is 0.355 e. The summed E-state index contributed by atoms with van der Waals surface area (Å²) in [6.07, 6.45) is 0.415. The number of hydrogen-bond donors (Lipinski definition) is 1. The van der Waals surface area contributed by atoms with Crippen LogP contribution in [0.5, 0.6) is 0 Å². The highest BCUT2D eigenvalue weighted by Gasteiger charge is 2.55. The fourth-order valence-corrected chi connectivity index (χ4v) is 4.31. The Kier molecular flexibility index (Phi) is 2.08. The number of rotatable bonds is 0. The summed E-state index contributed by atoms with van der Waals surface area (Å²) in [6, 6.07) is 0. The van der Waals surface area contributed by atoms with Gasteiger partial charge in [-0.05, 0) is 13.5 Å². The molecule has 14 heavy (non-hydrogen) atoms. The van der Waals surface area contributed by atoms with Crippen molar-refractivity contribution in [1.29, 1.82) is 0 Å². The number of carbonyl (C=O) groups excluding carboxylic acids is 1. The van der Waals surface area contributed by atoms with Gasteiger partial charge in [-0.25, -0.2) is 8.42 Å². The molecule has 2 heterocycles. The minimum atomic E-state index is -3.26. The SMILES string of the molecule is CN1CCS(=O)(=O)C2(CCNC2=O)C1. The second kappa shape index (κ2) is 2.93. The van der Waals surface area contributed by atoms with Crippen molar-refractivity contribution in [3.8, 4) is 0 Å². The maximum atomic E-state index is 11.9. The Hall–Kier alpha value is -0.620. The fourth-order valence-electron chi connectivity index (χ4n) is 2.18. The van der Waals surface area contributed by atoms with E-state index in [-0.39, 0.29) is 11.7 Å². The first-order valence-electron chi connectivity index (χ1n) is 4.67. The van der Waals surface area contributed by atoms with Crippen molar-refractivity contribution in [3.05, 3.63) is 0 Å². The topological polar surface area (TPSA) is 66.5 Å². The van der Waals surface area contributed by atoms with Crippen LogP contribution in [0.25, 0.3) is 0 Å². The number of sulfone groups is 1. The van der Waals surface area contributed by atoms with E-state index in [1.165, 1.54) is 0 Å². The van der Waals surface area contributed by atoms with E-state index < -0.39 is 14.6 Å². The van der Waals surface area contributed by atoms with Gasteiger partial charge in [0.25, 0.3) is 0 Å². The third kappa shape index (κ3) is 1.17. The predicted octanol–water partition coefficient (Wildman–Crippen LogP) is -1.39. The van der Waals surface area contributed by atoms with Crippen LogP contribution in [0.4, 0.5) is 0 Å². The molecule has 80 valence electrons. The summed E-state index contributed by atoms with van der Waals surface area (Å²) in [5.41, 5.74) is 0. The van der Waals surface area contributed by atoms with E-state index in [0.717, 1.165) is 0 Å². The van der Waals surface area contributed by atoms with Crippen LogP contribution in [-0.2, 0) is 14.6 Å². The first kappa shape index (κ1) is 9.92. The van der Waals surface area contributed by atoms with E-state index in [4.69, 9.17) is 0 Å². The molecule has 0 saturated carbocycles. The van der Waals surface area contributed by atoms with Crippen molar-refractivity contribution in [2.45, 2.75) is 11.2 Å². The highest BCUT2D eigenvalue weighted by atomic mass is 32.2. The van der Waals surface area contributed by atoms with Gasteiger partial charge >= 0.3 is 0 Å². The zero-order valence-corrected chi connectivity index (χ0v) is 8.93. The summed E-state index contributed by atoms with van der Waals surface area (Å²) in [6.45, 7) is 1.34. The average molecular weight is 218 g/mol. The molecule has 0 radical (unpaired) electrons. The summed E-state index contributed by atoms with van der Waals surface area (Å²) in [7, 11) is -1.41. The molecule has 0 bridgehead atoms. The monoisotopic (exact) mass is 218 g/mol. The van der Waals surface area contributed by atoms with E-state index in [9.17, 15) is 13.2 Å². The Labute approximate surface area is 83.4 Å². The quantitative estimate of drug-likeness (QED) is 0.543. The molecular formula is C8H14N2O3S. The molecule has 1 N–H and O–H groups in total. The summed E-state index contributed by atoms with van der Waals surface area (Å²) in [5, 5.41) is 2.61. The van der Waals surface area contributed by atoms with Crippen LogP contribution in [-0.4, -0.2) is 56.4 Å². The van der Waals surface area contributed by atoms with Crippen molar-refractivity contribution < 1.29 is 13.2 Å². The molecule has 0 aliphatic carbocycles. The maximum Gasteiger partial charge on any atom is 0.242 e. The van der Waals surface area contributed by atoms with Gasteiger partial charge in [-0.2, -0.15) is 0 Å². The lowest BCUT2D eigenvalue weighted by atomic mass is 10.1. The molecule has 2 aliphatic rings. The average Bonchev–Trinajstić information content (AvgIpc) is 2.44. The first-order chi connectivity index (χ1) is 6.48. The number of nitrogens with zero attached hydrogens (tertiary/aromatic N) is 1. The van der Waals surface area contributed by atoms with Crippen LogP contribution in [0.1, 0.15) is 6.42 Å². The molecule has 0 aromatic rings. The minimum Gasteiger partial charge on any atom is -0.355 e. The molecule has 2 rings (SSSR count). The lowest BCUT2D eigenvalue weighted by Crippen LogP contribution is -2.58. The van der Waals surface area contributed by atoms with Crippen molar-refractivity contribution >= 4 is 15.7 Å². The Bertz CT molecular complexity index is 365. The molecule has 6 heteroatoms. The number of nitrogens with one attached hydrogen (secondary N) is 1. The Morgan fingerprint density at radius 2 is 2.21 bits per heavy atom. The van der Waals surface area contributed by atoms with Gasteiger partial charge in [-0.3, -0.25) is 4.79 Å². The smallest absolute Gasteiger partial charge is 0.242 e. The van der Waals surface area contributed by atoms with E-state index >= 15 is 0 Å². The standard InChI is InChI=1S/C8H14N2O3S/c1-10-4-5-14(12,13)8(6-10)2-3-9-7(8)11/h2-6H2,1H3,(H,9,11). The van der Waals surface area contributed by atoms with Crippen LogP contribution in [0.15, 0.2) is 0 Å². The first-order valence-corrected chi connectivity index (χ1v) is 6.32. The molecule has 1 amide bonds. The van der Waals surface area contributed by atoms with Crippen LogP contribution in [0.3, 0.4) is 0 Å². The fraction of sp³-hybridized carbons (Fsp3) is 0.875. The molecule has 5 nitrogen and oxygen atoms in total. The van der Waals surface area contributed by atoms with Crippen molar-refractivity contribution in [2.24, 2.45) is 0 Å². The zero-order valence-electron chi connectivity index (χ0n) is 8.12. The van der Waals surface area contributed by atoms with Crippen LogP contribution >= 0.6 is 0 Å². The molecule has 1 spiro atoms. The summed E-state index contributed by atoms with van der Waals surface area (Å²) in [5.74, 6) is -0.222.